The lowest BCUT2D eigenvalue weighted by Crippen LogP contribution is -2.42. The second-order valence-corrected chi connectivity index (χ2v) is 13.0. The molecule has 0 spiro atoms. The molecule has 0 heterocycles. The molecule has 2 atom stereocenters. The zero-order chi connectivity index (χ0) is 32.5. The lowest BCUT2D eigenvalue weighted by molar-refractivity contribution is -0.167. The molecule has 2 unspecified atom stereocenters. The maximum Gasteiger partial charge on any atom is 0.348 e. The Morgan fingerprint density at radius 3 is 1.22 bits per heavy atom. The molecule has 2 aliphatic rings. The number of unbranched alkanes of at least 4 members (excludes halogenated alkanes) is 6. The molecule has 260 valence electrons. The molecule has 0 radical (unpaired) electrons. The number of alkyl halides is 2. The predicted octanol–water partition coefficient (Wildman–Crippen LogP) is 7.46. The van der Waals surface area contributed by atoms with Gasteiger partial charge < -0.3 is 26.0 Å². The van der Waals surface area contributed by atoms with Gasteiger partial charge in [0.1, 0.15) is 0 Å². The van der Waals surface area contributed by atoms with Crippen molar-refractivity contribution in [1.29, 1.82) is 0 Å². The van der Waals surface area contributed by atoms with E-state index < -0.39 is 24.3 Å². The number of carbonyl (C=O) groups excluding carboxylic acids is 4. The van der Waals surface area contributed by atoms with Gasteiger partial charge in [0.2, 0.25) is 0 Å². The summed E-state index contributed by atoms with van der Waals surface area (Å²) in [7, 11) is 0. The van der Waals surface area contributed by atoms with Gasteiger partial charge in [0.25, 0.3) is 0 Å². The Labute approximate surface area is 269 Å². The van der Waals surface area contributed by atoms with Gasteiger partial charge in [-0.2, -0.15) is 0 Å². The summed E-state index contributed by atoms with van der Waals surface area (Å²) in [6, 6.07) is 0.198. The Bertz CT molecular complexity index is 767. The van der Waals surface area contributed by atoms with E-state index in [2.05, 4.69) is 26.0 Å². The third-order valence-corrected chi connectivity index (χ3v) is 8.93. The summed E-state index contributed by atoms with van der Waals surface area (Å²) in [6.07, 6.45) is 17.3. The first-order chi connectivity index (χ1) is 21.8. The van der Waals surface area contributed by atoms with Crippen molar-refractivity contribution in [3.63, 3.8) is 0 Å². The topological polar surface area (TPSA) is 126 Å². The van der Waals surface area contributed by atoms with E-state index in [1.165, 1.54) is 38.5 Å². The number of rotatable bonds is 18. The normalized spacial score (nSPS) is 18.3. The van der Waals surface area contributed by atoms with Crippen molar-refractivity contribution in [1.82, 2.24) is 21.3 Å². The van der Waals surface area contributed by atoms with Crippen LogP contribution in [0.1, 0.15) is 154 Å². The molecule has 11 heteroatoms. The van der Waals surface area contributed by atoms with Crippen LogP contribution in [0.25, 0.3) is 0 Å². The molecule has 2 saturated carbocycles. The van der Waals surface area contributed by atoms with E-state index in [0.29, 0.717) is 38.8 Å². The van der Waals surface area contributed by atoms with E-state index in [0.717, 1.165) is 77.0 Å². The zero-order valence-electron chi connectivity index (χ0n) is 27.5. The molecule has 0 aromatic rings. The fourth-order valence-corrected chi connectivity index (χ4v) is 6.14. The van der Waals surface area contributed by atoms with Crippen molar-refractivity contribution in [2.45, 2.75) is 179 Å². The predicted molar refractivity (Wildman–Crippen MR) is 172 cm³/mol. The highest BCUT2D eigenvalue weighted by Crippen LogP contribution is 2.18. The SMILES string of the molecule is O=C(NCCCCCCC(F)C(=O)OC(=O)C(F)CCCCCCNC(=O)NC1CCCCCCC1)NC1CCCCCCC1. The molecule has 4 amide bonds. The fourth-order valence-electron chi connectivity index (χ4n) is 6.14. The lowest BCUT2D eigenvalue weighted by atomic mass is 9.97. The van der Waals surface area contributed by atoms with E-state index >= 15 is 0 Å². The van der Waals surface area contributed by atoms with Crippen LogP contribution >= 0.6 is 0 Å². The second kappa shape index (κ2) is 24.7. The molecular weight excluding hydrogens is 582 g/mol. The summed E-state index contributed by atoms with van der Waals surface area (Å²) in [4.78, 5) is 48.0. The van der Waals surface area contributed by atoms with Gasteiger partial charge in [-0.3, -0.25) is 0 Å². The third-order valence-electron chi connectivity index (χ3n) is 8.93. The maximum atomic E-state index is 14.2. The number of nitrogens with one attached hydrogen (secondary N) is 4. The number of carbonyl (C=O) groups is 4. The zero-order valence-corrected chi connectivity index (χ0v) is 27.5. The molecule has 2 fully saturated rings. The van der Waals surface area contributed by atoms with Gasteiger partial charge in [0.15, 0.2) is 12.3 Å². The standard InChI is InChI=1S/C34H60F2N4O5/c35-29(23-15-7-9-17-25-37-33(43)39-27-19-11-3-1-4-12-20-27)31(41)45-32(42)30(36)24-16-8-10-18-26-38-34(44)40-28-21-13-5-2-6-14-22-28/h27-30H,1-26H2,(H2,37,39,43)(H2,38,40,44). The van der Waals surface area contributed by atoms with Crippen molar-refractivity contribution in [3.05, 3.63) is 0 Å². The molecule has 0 bridgehead atoms. The second-order valence-electron chi connectivity index (χ2n) is 13.0. The highest BCUT2D eigenvalue weighted by atomic mass is 19.1. The minimum absolute atomic E-state index is 0.0919. The minimum Gasteiger partial charge on any atom is -0.389 e. The number of halogens is 2. The number of amides is 4. The van der Waals surface area contributed by atoms with E-state index in [1.54, 1.807) is 0 Å². The van der Waals surface area contributed by atoms with Crippen LogP contribution in [0.15, 0.2) is 0 Å². The Morgan fingerprint density at radius 1 is 0.511 bits per heavy atom. The molecule has 2 rings (SSSR count). The van der Waals surface area contributed by atoms with Crippen molar-refractivity contribution < 1.29 is 32.7 Å². The maximum absolute atomic E-state index is 14.2. The largest absolute Gasteiger partial charge is 0.389 e. The lowest BCUT2D eigenvalue weighted by Gasteiger charge is -2.21. The number of urea groups is 2. The molecule has 0 saturated heterocycles. The van der Waals surface area contributed by atoms with Gasteiger partial charge in [-0.1, -0.05) is 89.9 Å². The summed E-state index contributed by atoms with van der Waals surface area (Å²) >= 11 is 0. The minimum atomic E-state index is -1.97. The highest BCUT2D eigenvalue weighted by Gasteiger charge is 2.26. The van der Waals surface area contributed by atoms with Gasteiger partial charge in [-0.05, 0) is 64.2 Å². The molecule has 4 N–H and O–H groups in total. The van der Waals surface area contributed by atoms with E-state index in [-0.39, 0.29) is 37.0 Å². The third kappa shape index (κ3) is 19.6. The molecule has 0 aliphatic heterocycles. The average molecular weight is 643 g/mol. The van der Waals surface area contributed by atoms with E-state index in [9.17, 15) is 28.0 Å². The van der Waals surface area contributed by atoms with Gasteiger partial charge in [0.05, 0.1) is 0 Å². The van der Waals surface area contributed by atoms with Crippen LogP contribution < -0.4 is 21.3 Å². The molecule has 9 nitrogen and oxygen atoms in total. The van der Waals surface area contributed by atoms with Crippen molar-refractivity contribution >= 4 is 24.0 Å². The highest BCUT2D eigenvalue weighted by molar-refractivity contribution is 5.89. The molecule has 0 aromatic carbocycles. The van der Waals surface area contributed by atoms with Gasteiger partial charge in [0, 0.05) is 25.2 Å². The van der Waals surface area contributed by atoms with Crippen molar-refractivity contribution in [2.24, 2.45) is 0 Å². The average Bonchev–Trinajstić information content (AvgIpc) is 2.98. The number of esters is 2. The number of ether oxygens (including phenoxy) is 1. The Hall–Kier alpha value is -2.46. The van der Waals surface area contributed by atoms with Crippen LogP contribution in [0.5, 0.6) is 0 Å². The van der Waals surface area contributed by atoms with Crippen LogP contribution in [0, 0.1) is 0 Å². The summed E-state index contributed by atoms with van der Waals surface area (Å²) < 4.78 is 32.8. The quantitative estimate of drug-likeness (QED) is 0.0702. The van der Waals surface area contributed by atoms with E-state index in [1.807, 2.05) is 0 Å². The monoisotopic (exact) mass is 642 g/mol. The van der Waals surface area contributed by atoms with Crippen LogP contribution in [0.4, 0.5) is 18.4 Å². The summed E-state index contributed by atoms with van der Waals surface area (Å²) in [5.74, 6) is -2.67. The Kier molecular flexibility index (Phi) is 21.3. The van der Waals surface area contributed by atoms with Gasteiger partial charge >= 0.3 is 24.0 Å². The Morgan fingerprint density at radius 2 is 0.844 bits per heavy atom. The molecule has 2 aliphatic carbocycles. The van der Waals surface area contributed by atoms with Crippen LogP contribution in [-0.2, 0) is 14.3 Å². The first-order valence-corrected chi connectivity index (χ1v) is 18.0. The molecule has 0 aromatic heterocycles. The summed E-state index contributed by atoms with van der Waals surface area (Å²) in [6.45, 7) is 1.06. The first kappa shape index (κ1) is 38.7. The van der Waals surface area contributed by atoms with Crippen LogP contribution in [0.2, 0.25) is 0 Å². The summed E-state index contributed by atoms with van der Waals surface area (Å²) in [5.41, 5.74) is 0. The first-order valence-electron chi connectivity index (χ1n) is 18.0. The molecular formula is C34H60F2N4O5. The van der Waals surface area contributed by atoms with Gasteiger partial charge in [-0.25, -0.2) is 28.0 Å². The number of hydrogen-bond donors (Lipinski definition) is 4. The smallest absolute Gasteiger partial charge is 0.348 e. The van der Waals surface area contributed by atoms with Crippen LogP contribution in [-0.4, -0.2) is 61.5 Å². The fraction of sp³-hybridized carbons (Fsp3) is 0.882. The van der Waals surface area contributed by atoms with Crippen molar-refractivity contribution in [3.8, 4) is 0 Å². The molecule has 45 heavy (non-hydrogen) atoms. The number of hydrogen-bond acceptors (Lipinski definition) is 5. The summed E-state index contributed by atoms with van der Waals surface area (Å²) in [5, 5.41) is 11.9. The van der Waals surface area contributed by atoms with E-state index in [4.69, 9.17) is 0 Å². The van der Waals surface area contributed by atoms with Crippen LogP contribution in [0.3, 0.4) is 0 Å². The van der Waals surface area contributed by atoms with Crippen molar-refractivity contribution in [2.75, 3.05) is 13.1 Å². The van der Waals surface area contributed by atoms with Gasteiger partial charge in [-0.15, -0.1) is 0 Å². The Balaban J connectivity index is 1.41.